The van der Waals surface area contributed by atoms with Crippen LogP contribution in [0, 0.1) is 11.7 Å². The Morgan fingerprint density at radius 2 is 1.85 bits per heavy atom. The second-order valence-corrected chi connectivity index (χ2v) is 12.8. The van der Waals surface area contributed by atoms with Gasteiger partial charge in [-0.3, -0.25) is 9.59 Å². The molecule has 2 fully saturated rings. The van der Waals surface area contributed by atoms with Gasteiger partial charge < -0.3 is 14.5 Å². The number of amides is 2. The standard InChI is InChI=1S/C30H40FN3O6S/c1-3-5-6-7-8-9-16-32-29(36)24-19-39-30(33-24)28-23(25-13-14-26(28)40-25)18-21-17-22(31)12-10-20(21)11-15-27(35)34-41(37,38)4-2/h10-12,15,17,19,23,25-26,28H,3-9,13-14,16,18H2,1-2H3,(H,32,36)(H,34,35)/b15-11+. The molecule has 224 valence electrons. The molecule has 3 heterocycles. The molecule has 11 heteroatoms. The zero-order valence-corrected chi connectivity index (χ0v) is 24.6. The highest BCUT2D eigenvalue weighted by atomic mass is 32.2. The van der Waals surface area contributed by atoms with Crippen LogP contribution in [0.2, 0.25) is 0 Å². The smallest absolute Gasteiger partial charge is 0.273 e. The van der Waals surface area contributed by atoms with Crippen LogP contribution in [-0.2, 0) is 26.0 Å². The molecule has 0 aliphatic carbocycles. The molecule has 0 radical (unpaired) electrons. The molecule has 1 aromatic heterocycles. The van der Waals surface area contributed by atoms with Crippen molar-refractivity contribution in [3.63, 3.8) is 0 Å². The maximum absolute atomic E-state index is 14.3. The number of hydrogen-bond donors (Lipinski definition) is 2. The van der Waals surface area contributed by atoms with E-state index >= 15 is 0 Å². The highest BCUT2D eigenvalue weighted by Gasteiger charge is 2.51. The van der Waals surface area contributed by atoms with Gasteiger partial charge in [0.05, 0.1) is 23.9 Å². The van der Waals surface area contributed by atoms with Gasteiger partial charge in [-0.25, -0.2) is 22.5 Å². The summed E-state index contributed by atoms with van der Waals surface area (Å²) < 4.78 is 51.7. The Labute approximate surface area is 241 Å². The third-order valence-corrected chi connectivity index (χ3v) is 9.16. The predicted octanol–water partition coefficient (Wildman–Crippen LogP) is 4.89. The van der Waals surface area contributed by atoms with Crippen molar-refractivity contribution in [3.05, 3.63) is 59.1 Å². The molecule has 4 atom stereocenters. The van der Waals surface area contributed by atoms with Gasteiger partial charge in [0.2, 0.25) is 15.9 Å². The molecular formula is C30H40FN3O6S. The fraction of sp³-hybridized carbons (Fsp3) is 0.567. The number of nitrogens with zero attached hydrogens (tertiary/aromatic N) is 1. The molecule has 2 bridgehead atoms. The molecule has 9 nitrogen and oxygen atoms in total. The Hall–Kier alpha value is -3.05. The zero-order valence-electron chi connectivity index (χ0n) is 23.7. The normalized spacial score (nSPS) is 21.9. The highest BCUT2D eigenvalue weighted by molar-refractivity contribution is 7.90. The van der Waals surface area contributed by atoms with Gasteiger partial charge >= 0.3 is 0 Å². The third kappa shape index (κ3) is 8.25. The number of aromatic nitrogens is 1. The molecule has 2 aliphatic heterocycles. The molecule has 2 amide bonds. The summed E-state index contributed by atoms with van der Waals surface area (Å²) in [6.07, 6.45) is 12.8. The average Bonchev–Trinajstić information content (AvgIpc) is 3.69. The van der Waals surface area contributed by atoms with E-state index < -0.39 is 21.7 Å². The number of fused-ring (bicyclic) bond motifs is 2. The largest absolute Gasteiger partial charge is 0.448 e. The summed E-state index contributed by atoms with van der Waals surface area (Å²) in [5.74, 6) is -1.52. The van der Waals surface area contributed by atoms with Crippen molar-refractivity contribution in [1.82, 2.24) is 15.0 Å². The first-order valence-corrected chi connectivity index (χ1v) is 16.3. The Bertz CT molecular complexity index is 1340. The van der Waals surface area contributed by atoms with Crippen LogP contribution in [0.4, 0.5) is 4.39 Å². The van der Waals surface area contributed by atoms with Gasteiger partial charge in [-0.1, -0.05) is 45.1 Å². The van der Waals surface area contributed by atoms with Crippen molar-refractivity contribution in [3.8, 4) is 0 Å². The Kier molecular flexibility index (Phi) is 10.7. The van der Waals surface area contributed by atoms with Gasteiger partial charge in [0.15, 0.2) is 5.69 Å². The quantitative estimate of drug-likeness (QED) is 0.224. The van der Waals surface area contributed by atoms with Crippen LogP contribution < -0.4 is 10.0 Å². The lowest BCUT2D eigenvalue weighted by molar-refractivity contribution is -0.114. The van der Waals surface area contributed by atoms with Gasteiger partial charge in [0.1, 0.15) is 12.1 Å². The van der Waals surface area contributed by atoms with Crippen LogP contribution in [0.25, 0.3) is 6.08 Å². The first-order valence-electron chi connectivity index (χ1n) is 14.6. The van der Waals surface area contributed by atoms with E-state index in [4.69, 9.17) is 9.15 Å². The number of carbonyl (C=O) groups excluding carboxylic acids is 2. The predicted molar refractivity (Wildman–Crippen MR) is 153 cm³/mol. The summed E-state index contributed by atoms with van der Waals surface area (Å²) in [7, 11) is -3.69. The number of halogens is 1. The van der Waals surface area contributed by atoms with Gasteiger partial charge in [0, 0.05) is 18.5 Å². The van der Waals surface area contributed by atoms with Crippen LogP contribution in [0.5, 0.6) is 0 Å². The van der Waals surface area contributed by atoms with E-state index in [2.05, 4.69) is 17.2 Å². The fourth-order valence-electron chi connectivity index (χ4n) is 5.71. The first-order chi connectivity index (χ1) is 19.7. The Morgan fingerprint density at radius 1 is 1.10 bits per heavy atom. The summed E-state index contributed by atoms with van der Waals surface area (Å²) in [6.45, 7) is 4.21. The molecule has 2 saturated heterocycles. The summed E-state index contributed by atoms with van der Waals surface area (Å²) in [5, 5.41) is 2.92. The minimum Gasteiger partial charge on any atom is -0.448 e. The van der Waals surface area contributed by atoms with Gasteiger partial charge in [-0.15, -0.1) is 0 Å². The van der Waals surface area contributed by atoms with E-state index in [1.807, 2.05) is 4.72 Å². The molecule has 1 aromatic carbocycles. The number of hydrogen-bond acceptors (Lipinski definition) is 7. The third-order valence-electron chi connectivity index (χ3n) is 7.89. The number of benzene rings is 1. The average molecular weight is 590 g/mol. The molecule has 2 aliphatic rings. The number of unbranched alkanes of at least 4 members (excludes halogenated alkanes) is 5. The van der Waals surface area contributed by atoms with E-state index in [9.17, 15) is 22.4 Å². The molecular weight excluding hydrogens is 549 g/mol. The lowest BCUT2D eigenvalue weighted by Gasteiger charge is -2.26. The zero-order chi connectivity index (χ0) is 29.4. The molecule has 0 saturated carbocycles. The summed E-state index contributed by atoms with van der Waals surface area (Å²) in [6, 6.07) is 4.27. The maximum Gasteiger partial charge on any atom is 0.273 e. The minimum absolute atomic E-state index is 0.0695. The highest BCUT2D eigenvalue weighted by Crippen LogP contribution is 2.50. The topological polar surface area (TPSA) is 128 Å². The number of rotatable bonds is 15. The van der Waals surface area contributed by atoms with Crippen LogP contribution >= 0.6 is 0 Å². The number of sulfonamides is 1. The molecule has 4 unspecified atom stereocenters. The number of nitrogens with one attached hydrogen (secondary N) is 2. The molecule has 4 rings (SSSR count). The van der Waals surface area contributed by atoms with E-state index in [1.54, 1.807) is 6.07 Å². The fourth-order valence-corrected chi connectivity index (χ4v) is 6.23. The second kappa shape index (κ2) is 14.2. The van der Waals surface area contributed by atoms with Crippen molar-refractivity contribution in [2.45, 2.75) is 89.8 Å². The SMILES string of the molecule is CCCCCCCCNC(=O)c1coc(C2C3CCC(O3)C2Cc2cc(F)ccc2/C=C/C(=O)NS(=O)(=O)CC)n1. The molecule has 41 heavy (non-hydrogen) atoms. The van der Waals surface area contributed by atoms with E-state index in [-0.39, 0.29) is 41.4 Å². The van der Waals surface area contributed by atoms with Gasteiger partial charge in [-0.05, 0) is 61.9 Å². The lowest BCUT2D eigenvalue weighted by atomic mass is 9.75. The van der Waals surface area contributed by atoms with Crippen molar-refractivity contribution in [1.29, 1.82) is 0 Å². The Balaban J connectivity index is 1.43. The van der Waals surface area contributed by atoms with Crippen LogP contribution in [0.15, 0.2) is 35.0 Å². The second-order valence-electron chi connectivity index (χ2n) is 10.8. The number of ether oxygens (including phenoxy) is 1. The summed E-state index contributed by atoms with van der Waals surface area (Å²) in [5.41, 5.74) is 1.48. The summed E-state index contributed by atoms with van der Waals surface area (Å²) >= 11 is 0. The maximum atomic E-state index is 14.3. The van der Waals surface area contributed by atoms with Crippen molar-refractivity contribution >= 4 is 27.9 Å². The van der Waals surface area contributed by atoms with Crippen molar-refractivity contribution in [2.24, 2.45) is 5.92 Å². The van der Waals surface area contributed by atoms with Gasteiger partial charge in [0.25, 0.3) is 11.8 Å². The van der Waals surface area contributed by atoms with Crippen LogP contribution in [-0.4, -0.2) is 49.7 Å². The molecule has 2 aromatic rings. The van der Waals surface area contributed by atoms with E-state index in [0.29, 0.717) is 30.0 Å². The van der Waals surface area contributed by atoms with Crippen molar-refractivity contribution in [2.75, 3.05) is 12.3 Å². The first kappa shape index (κ1) is 30.9. The van der Waals surface area contributed by atoms with Gasteiger partial charge in [-0.2, -0.15) is 0 Å². The Morgan fingerprint density at radius 3 is 2.63 bits per heavy atom. The molecule has 0 spiro atoms. The minimum atomic E-state index is -3.69. The van der Waals surface area contributed by atoms with E-state index in [1.165, 1.54) is 57.1 Å². The van der Waals surface area contributed by atoms with E-state index in [0.717, 1.165) is 31.8 Å². The summed E-state index contributed by atoms with van der Waals surface area (Å²) in [4.78, 5) is 29.3. The molecule has 2 N–H and O–H groups in total. The van der Waals surface area contributed by atoms with Crippen LogP contribution in [0.3, 0.4) is 0 Å². The lowest BCUT2D eigenvalue weighted by Crippen LogP contribution is -2.30. The van der Waals surface area contributed by atoms with Crippen LogP contribution in [0.1, 0.15) is 98.6 Å². The monoisotopic (exact) mass is 589 g/mol. The number of oxazole rings is 1. The number of carbonyl (C=O) groups is 2. The van der Waals surface area contributed by atoms with Crippen molar-refractivity contribution < 1.29 is 31.6 Å².